The molecule has 6 nitrogen and oxygen atoms in total. The van der Waals surface area contributed by atoms with E-state index in [1.165, 1.54) is 6.42 Å². The van der Waals surface area contributed by atoms with Gasteiger partial charge in [-0.3, -0.25) is 4.98 Å². The van der Waals surface area contributed by atoms with Gasteiger partial charge in [-0.05, 0) is 31.4 Å². The monoisotopic (exact) mass is 354 g/mol. The Hall–Kier alpha value is -3.46. The number of nitrogens with zero attached hydrogens (tertiary/aromatic N) is 6. The molecule has 3 aromatic heterocycles. The number of hydrogen-bond acceptors (Lipinski definition) is 5. The average Bonchev–Trinajstić information content (AvgIpc) is 3.16. The summed E-state index contributed by atoms with van der Waals surface area (Å²) in [6.07, 6.45) is 8.96. The highest BCUT2D eigenvalue weighted by molar-refractivity contribution is 5.87. The van der Waals surface area contributed by atoms with Crippen LogP contribution < -0.4 is 4.90 Å². The lowest BCUT2D eigenvalue weighted by Gasteiger charge is -2.28. The zero-order valence-corrected chi connectivity index (χ0v) is 14.8. The van der Waals surface area contributed by atoms with Gasteiger partial charge >= 0.3 is 0 Å². The molecule has 1 aliphatic rings. The van der Waals surface area contributed by atoms with Crippen molar-refractivity contribution in [2.75, 3.05) is 18.0 Å². The van der Waals surface area contributed by atoms with Gasteiger partial charge in [0.05, 0.1) is 17.9 Å². The van der Waals surface area contributed by atoms with Crippen molar-refractivity contribution in [3.8, 4) is 17.2 Å². The number of piperidine rings is 1. The number of aromatic nitrogens is 4. The third kappa shape index (κ3) is 2.68. The second kappa shape index (κ2) is 6.36. The summed E-state index contributed by atoms with van der Waals surface area (Å²) in [6, 6.07) is 12.4. The maximum Gasteiger partial charge on any atom is 0.165 e. The van der Waals surface area contributed by atoms with Gasteiger partial charge in [-0.25, -0.2) is 9.50 Å². The van der Waals surface area contributed by atoms with Crippen LogP contribution >= 0.6 is 0 Å². The Balaban J connectivity index is 1.67. The maximum atomic E-state index is 9.58. The molecule has 4 heterocycles. The summed E-state index contributed by atoms with van der Waals surface area (Å²) in [6.45, 7) is 1.89. The molecule has 0 unspecified atom stereocenters. The summed E-state index contributed by atoms with van der Waals surface area (Å²) in [4.78, 5) is 11.6. The second-order valence-electron chi connectivity index (χ2n) is 6.88. The Labute approximate surface area is 156 Å². The van der Waals surface area contributed by atoms with Crippen LogP contribution in [-0.2, 0) is 0 Å². The molecule has 0 bridgehead atoms. The molecule has 1 saturated heterocycles. The van der Waals surface area contributed by atoms with E-state index in [0.717, 1.165) is 59.4 Å². The molecule has 1 aliphatic heterocycles. The van der Waals surface area contributed by atoms with E-state index in [1.807, 2.05) is 24.4 Å². The maximum absolute atomic E-state index is 9.58. The standard InChI is InChI=1S/C21H18N6/c22-11-17-14-27-21(25-20(17)26-8-4-1-5-9-26)18(13-24-27)16-10-15-6-2-3-7-19(15)23-12-16/h2-3,6-7,10,12-14H,1,4-5,8-9H2. The molecule has 0 radical (unpaired) electrons. The highest BCUT2D eigenvalue weighted by Gasteiger charge is 2.19. The largest absolute Gasteiger partial charge is 0.355 e. The molecule has 0 aliphatic carbocycles. The van der Waals surface area contributed by atoms with Crippen LogP contribution in [0.25, 0.3) is 27.7 Å². The number of fused-ring (bicyclic) bond motifs is 2. The quantitative estimate of drug-likeness (QED) is 0.547. The van der Waals surface area contributed by atoms with Gasteiger partial charge in [-0.2, -0.15) is 10.4 Å². The first-order chi connectivity index (χ1) is 13.3. The smallest absolute Gasteiger partial charge is 0.165 e. The zero-order valence-electron chi connectivity index (χ0n) is 14.8. The van der Waals surface area contributed by atoms with Crippen molar-refractivity contribution in [1.29, 1.82) is 5.26 Å². The third-order valence-corrected chi connectivity index (χ3v) is 5.15. The summed E-state index contributed by atoms with van der Waals surface area (Å²) < 4.78 is 1.69. The topological polar surface area (TPSA) is 70.1 Å². The van der Waals surface area contributed by atoms with E-state index in [2.05, 4.69) is 33.2 Å². The zero-order chi connectivity index (χ0) is 18.2. The molecule has 0 spiro atoms. The summed E-state index contributed by atoms with van der Waals surface area (Å²) in [5.41, 5.74) is 4.19. The fraction of sp³-hybridized carbons (Fsp3) is 0.238. The predicted octanol–water partition coefficient (Wildman–Crippen LogP) is 3.81. The van der Waals surface area contributed by atoms with E-state index in [4.69, 9.17) is 4.98 Å². The van der Waals surface area contributed by atoms with Gasteiger partial charge in [0.1, 0.15) is 11.6 Å². The van der Waals surface area contributed by atoms with Crippen molar-refractivity contribution in [1.82, 2.24) is 19.6 Å². The molecule has 4 aromatic rings. The molecular formula is C21H18N6. The van der Waals surface area contributed by atoms with E-state index in [1.54, 1.807) is 16.9 Å². The van der Waals surface area contributed by atoms with E-state index in [0.29, 0.717) is 5.56 Å². The van der Waals surface area contributed by atoms with Crippen LogP contribution in [0.15, 0.2) is 48.9 Å². The lowest BCUT2D eigenvalue weighted by Crippen LogP contribution is -2.31. The van der Waals surface area contributed by atoms with Gasteiger partial charge in [-0.15, -0.1) is 0 Å². The third-order valence-electron chi connectivity index (χ3n) is 5.15. The van der Waals surface area contributed by atoms with E-state index >= 15 is 0 Å². The summed E-state index contributed by atoms with van der Waals surface area (Å²) in [5.74, 6) is 0.764. The Morgan fingerprint density at radius 3 is 2.74 bits per heavy atom. The van der Waals surface area contributed by atoms with Crippen LogP contribution in [0.3, 0.4) is 0 Å². The van der Waals surface area contributed by atoms with E-state index < -0.39 is 0 Å². The normalized spacial score (nSPS) is 14.6. The summed E-state index contributed by atoms with van der Waals surface area (Å²) >= 11 is 0. The highest BCUT2D eigenvalue weighted by Crippen LogP contribution is 2.29. The molecule has 6 heteroatoms. The van der Waals surface area contributed by atoms with E-state index in [9.17, 15) is 5.26 Å². The second-order valence-corrected chi connectivity index (χ2v) is 6.88. The van der Waals surface area contributed by atoms with Crippen molar-refractivity contribution >= 4 is 22.4 Å². The van der Waals surface area contributed by atoms with Gasteiger partial charge < -0.3 is 4.90 Å². The van der Waals surface area contributed by atoms with Crippen molar-refractivity contribution in [2.45, 2.75) is 19.3 Å². The number of rotatable bonds is 2. The number of nitriles is 1. The van der Waals surface area contributed by atoms with Crippen molar-refractivity contribution in [3.63, 3.8) is 0 Å². The average molecular weight is 354 g/mol. The summed E-state index contributed by atoms with van der Waals surface area (Å²) in [5, 5.41) is 15.1. The van der Waals surface area contributed by atoms with Crippen LogP contribution in [0.4, 0.5) is 5.82 Å². The Kier molecular flexibility index (Phi) is 3.72. The van der Waals surface area contributed by atoms with Crippen molar-refractivity contribution in [2.24, 2.45) is 0 Å². The van der Waals surface area contributed by atoms with Gasteiger partial charge in [0.2, 0.25) is 0 Å². The van der Waals surface area contributed by atoms with Gasteiger partial charge in [0.25, 0.3) is 0 Å². The Morgan fingerprint density at radius 2 is 1.89 bits per heavy atom. The van der Waals surface area contributed by atoms with E-state index in [-0.39, 0.29) is 0 Å². The minimum absolute atomic E-state index is 0.565. The molecule has 132 valence electrons. The predicted molar refractivity (Wildman–Crippen MR) is 105 cm³/mol. The van der Waals surface area contributed by atoms with Gasteiger partial charge in [-0.1, -0.05) is 18.2 Å². The van der Waals surface area contributed by atoms with Crippen molar-refractivity contribution < 1.29 is 0 Å². The lowest BCUT2D eigenvalue weighted by molar-refractivity contribution is 0.573. The van der Waals surface area contributed by atoms with Crippen LogP contribution in [-0.4, -0.2) is 32.7 Å². The molecule has 27 heavy (non-hydrogen) atoms. The SMILES string of the molecule is N#Cc1cn2ncc(-c3cnc4ccccc4c3)c2nc1N1CCCCC1. The minimum Gasteiger partial charge on any atom is -0.355 e. The van der Waals surface area contributed by atoms with Crippen LogP contribution in [0.2, 0.25) is 0 Å². The van der Waals surface area contributed by atoms with Gasteiger partial charge in [0, 0.05) is 35.8 Å². The minimum atomic E-state index is 0.565. The first-order valence-corrected chi connectivity index (χ1v) is 9.22. The first-order valence-electron chi connectivity index (χ1n) is 9.22. The number of hydrogen-bond donors (Lipinski definition) is 0. The molecule has 0 amide bonds. The number of benzene rings is 1. The Bertz CT molecular complexity index is 1180. The van der Waals surface area contributed by atoms with Crippen LogP contribution in [0.5, 0.6) is 0 Å². The number of anilines is 1. The molecule has 0 atom stereocenters. The highest BCUT2D eigenvalue weighted by atomic mass is 15.3. The molecular weight excluding hydrogens is 336 g/mol. The van der Waals surface area contributed by atoms with Gasteiger partial charge in [0.15, 0.2) is 11.5 Å². The fourth-order valence-electron chi connectivity index (χ4n) is 3.75. The molecule has 0 N–H and O–H groups in total. The van der Waals surface area contributed by atoms with Crippen LogP contribution in [0, 0.1) is 11.3 Å². The number of pyridine rings is 1. The Morgan fingerprint density at radius 1 is 1.04 bits per heavy atom. The van der Waals surface area contributed by atoms with Crippen LogP contribution in [0.1, 0.15) is 24.8 Å². The molecule has 5 rings (SSSR count). The number of para-hydroxylation sites is 1. The lowest BCUT2D eigenvalue weighted by atomic mass is 10.1. The first kappa shape index (κ1) is 15.8. The van der Waals surface area contributed by atoms with Crippen molar-refractivity contribution in [3.05, 3.63) is 54.5 Å². The molecule has 1 aromatic carbocycles. The summed E-state index contributed by atoms with van der Waals surface area (Å²) in [7, 11) is 0. The molecule has 1 fully saturated rings. The fourth-order valence-corrected chi connectivity index (χ4v) is 3.75. The molecule has 0 saturated carbocycles.